The Morgan fingerprint density at radius 1 is 1.33 bits per heavy atom. The maximum absolute atomic E-state index is 12.2. The molecule has 3 unspecified atom stereocenters. The van der Waals surface area contributed by atoms with E-state index >= 15 is 0 Å². The van der Waals surface area contributed by atoms with Crippen LogP contribution in [0.5, 0.6) is 0 Å². The first-order valence-corrected chi connectivity index (χ1v) is 8.73. The van der Waals surface area contributed by atoms with Crippen LogP contribution in [0.25, 0.3) is 0 Å². The highest BCUT2D eigenvalue weighted by molar-refractivity contribution is 5.89. The summed E-state index contributed by atoms with van der Waals surface area (Å²) in [5.41, 5.74) is 1.20. The van der Waals surface area contributed by atoms with Gasteiger partial charge in [-0.1, -0.05) is 37.3 Å². The first-order valence-electron chi connectivity index (χ1n) is 8.73. The molecule has 0 bridgehead atoms. The number of amides is 2. The van der Waals surface area contributed by atoms with Crippen LogP contribution in [0.2, 0.25) is 0 Å². The van der Waals surface area contributed by atoms with Crippen LogP contribution >= 0.6 is 0 Å². The summed E-state index contributed by atoms with van der Waals surface area (Å²) in [6.45, 7) is 5.45. The SMILES string of the molecule is CC(O)CC(C)CNC(=O)C1CC(=O)N(CCc2ccccc2)C1. The lowest BCUT2D eigenvalue weighted by molar-refractivity contribution is -0.129. The van der Waals surface area contributed by atoms with Crippen molar-refractivity contribution in [1.82, 2.24) is 10.2 Å². The van der Waals surface area contributed by atoms with Crippen LogP contribution in [0.1, 0.15) is 32.3 Å². The maximum Gasteiger partial charge on any atom is 0.225 e. The highest BCUT2D eigenvalue weighted by Crippen LogP contribution is 2.18. The van der Waals surface area contributed by atoms with Gasteiger partial charge in [0.25, 0.3) is 0 Å². The minimum absolute atomic E-state index is 0.0528. The average molecular weight is 332 g/mol. The van der Waals surface area contributed by atoms with Gasteiger partial charge in [0.05, 0.1) is 12.0 Å². The van der Waals surface area contributed by atoms with Gasteiger partial charge < -0.3 is 15.3 Å². The Labute approximate surface area is 144 Å². The molecule has 1 saturated heterocycles. The predicted octanol–water partition coefficient (Wildman–Crippen LogP) is 1.60. The van der Waals surface area contributed by atoms with Gasteiger partial charge in [-0.05, 0) is 31.2 Å². The molecular formula is C19H28N2O3. The largest absolute Gasteiger partial charge is 0.393 e. The Balaban J connectivity index is 1.75. The van der Waals surface area contributed by atoms with Crippen molar-refractivity contribution in [3.8, 4) is 0 Å². The van der Waals surface area contributed by atoms with E-state index in [0.29, 0.717) is 32.5 Å². The fourth-order valence-corrected chi connectivity index (χ4v) is 3.16. The van der Waals surface area contributed by atoms with E-state index in [0.717, 1.165) is 6.42 Å². The number of aliphatic hydroxyl groups is 1. The number of hydrogen-bond acceptors (Lipinski definition) is 3. The van der Waals surface area contributed by atoms with Crippen molar-refractivity contribution in [3.63, 3.8) is 0 Å². The van der Waals surface area contributed by atoms with Crippen molar-refractivity contribution in [2.75, 3.05) is 19.6 Å². The van der Waals surface area contributed by atoms with Crippen LogP contribution in [-0.2, 0) is 16.0 Å². The first kappa shape index (κ1) is 18.5. The molecule has 0 aliphatic carbocycles. The molecule has 1 aliphatic rings. The molecule has 3 atom stereocenters. The third-order valence-corrected chi connectivity index (χ3v) is 4.47. The number of rotatable bonds is 8. The van der Waals surface area contributed by atoms with Crippen molar-refractivity contribution in [1.29, 1.82) is 0 Å². The van der Waals surface area contributed by atoms with Crippen LogP contribution in [0.3, 0.4) is 0 Å². The molecule has 1 aromatic rings. The van der Waals surface area contributed by atoms with Crippen LogP contribution in [-0.4, -0.2) is 47.6 Å². The zero-order valence-corrected chi connectivity index (χ0v) is 14.6. The summed E-state index contributed by atoms with van der Waals surface area (Å²) in [5, 5.41) is 12.3. The third-order valence-electron chi connectivity index (χ3n) is 4.47. The standard InChI is InChI=1S/C19H28N2O3/c1-14(10-15(2)22)12-20-19(24)17-11-18(23)21(13-17)9-8-16-6-4-3-5-7-16/h3-7,14-15,17,22H,8-13H2,1-2H3,(H,20,24). The average Bonchev–Trinajstić information content (AvgIpc) is 2.92. The van der Waals surface area contributed by atoms with E-state index in [4.69, 9.17) is 0 Å². The molecule has 5 heteroatoms. The van der Waals surface area contributed by atoms with Gasteiger partial charge in [-0.3, -0.25) is 9.59 Å². The van der Waals surface area contributed by atoms with Gasteiger partial charge in [-0.2, -0.15) is 0 Å². The van der Waals surface area contributed by atoms with E-state index in [9.17, 15) is 14.7 Å². The zero-order chi connectivity index (χ0) is 17.5. The topological polar surface area (TPSA) is 69.6 Å². The van der Waals surface area contributed by atoms with Crippen LogP contribution in [0, 0.1) is 11.8 Å². The second-order valence-electron chi connectivity index (χ2n) is 6.91. The fraction of sp³-hybridized carbons (Fsp3) is 0.579. The second-order valence-corrected chi connectivity index (χ2v) is 6.91. The lowest BCUT2D eigenvalue weighted by Crippen LogP contribution is -2.36. The van der Waals surface area contributed by atoms with Gasteiger partial charge in [0.2, 0.25) is 11.8 Å². The number of likely N-dealkylation sites (tertiary alicyclic amines) is 1. The summed E-state index contributed by atoms with van der Waals surface area (Å²) >= 11 is 0. The third kappa shape index (κ3) is 5.64. The summed E-state index contributed by atoms with van der Waals surface area (Å²) < 4.78 is 0. The van der Waals surface area contributed by atoms with Crippen LogP contribution in [0.4, 0.5) is 0 Å². The molecule has 0 saturated carbocycles. The number of aliphatic hydroxyl groups excluding tert-OH is 1. The molecule has 2 N–H and O–H groups in total. The highest BCUT2D eigenvalue weighted by atomic mass is 16.3. The lowest BCUT2D eigenvalue weighted by atomic mass is 10.0. The number of benzene rings is 1. The van der Waals surface area contributed by atoms with Crippen molar-refractivity contribution in [3.05, 3.63) is 35.9 Å². The summed E-state index contributed by atoms with van der Waals surface area (Å²) in [7, 11) is 0. The highest BCUT2D eigenvalue weighted by Gasteiger charge is 2.33. The number of nitrogens with one attached hydrogen (secondary N) is 1. The van der Waals surface area contributed by atoms with E-state index in [1.807, 2.05) is 37.3 Å². The smallest absolute Gasteiger partial charge is 0.225 e. The van der Waals surface area contributed by atoms with Crippen molar-refractivity contribution < 1.29 is 14.7 Å². The van der Waals surface area contributed by atoms with E-state index in [1.54, 1.807) is 11.8 Å². The number of carbonyl (C=O) groups is 2. The molecule has 0 spiro atoms. The molecule has 2 amide bonds. The number of carbonyl (C=O) groups excluding carboxylic acids is 2. The predicted molar refractivity (Wildman–Crippen MR) is 93.3 cm³/mol. The second kappa shape index (κ2) is 8.83. The summed E-state index contributed by atoms with van der Waals surface area (Å²) in [6, 6.07) is 10.1. The minimum atomic E-state index is -0.363. The van der Waals surface area contributed by atoms with Crippen LogP contribution in [0.15, 0.2) is 30.3 Å². The normalized spacial score (nSPS) is 20.0. The Hall–Kier alpha value is -1.88. The Bertz CT molecular complexity index is 545. The van der Waals surface area contributed by atoms with E-state index in [1.165, 1.54) is 5.56 Å². The van der Waals surface area contributed by atoms with Gasteiger partial charge in [-0.15, -0.1) is 0 Å². The molecule has 24 heavy (non-hydrogen) atoms. The number of nitrogens with zero attached hydrogens (tertiary/aromatic N) is 1. The van der Waals surface area contributed by atoms with E-state index in [2.05, 4.69) is 5.32 Å². The fourth-order valence-electron chi connectivity index (χ4n) is 3.16. The van der Waals surface area contributed by atoms with Gasteiger partial charge in [0, 0.05) is 26.1 Å². The Kier molecular flexibility index (Phi) is 6.79. The number of hydrogen-bond donors (Lipinski definition) is 2. The molecule has 132 valence electrons. The molecule has 5 nitrogen and oxygen atoms in total. The monoisotopic (exact) mass is 332 g/mol. The zero-order valence-electron chi connectivity index (χ0n) is 14.6. The van der Waals surface area contributed by atoms with Gasteiger partial charge >= 0.3 is 0 Å². The molecule has 2 rings (SSSR count). The summed E-state index contributed by atoms with van der Waals surface area (Å²) in [5.74, 6) is -0.0293. The Morgan fingerprint density at radius 3 is 2.71 bits per heavy atom. The molecule has 0 aromatic heterocycles. The maximum atomic E-state index is 12.2. The van der Waals surface area contributed by atoms with Gasteiger partial charge in [0.1, 0.15) is 0 Å². The molecule has 0 radical (unpaired) electrons. The Morgan fingerprint density at radius 2 is 2.04 bits per heavy atom. The summed E-state index contributed by atoms with van der Waals surface area (Å²) in [4.78, 5) is 26.1. The van der Waals surface area contributed by atoms with Crippen LogP contribution < -0.4 is 5.32 Å². The minimum Gasteiger partial charge on any atom is -0.393 e. The molecule has 1 heterocycles. The quantitative estimate of drug-likeness (QED) is 0.760. The van der Waals surface area contributed by atoms with Crippen molar-refractivity contribution in [2.24, 2.45) is 11.8 Å². The lowest BCUT2D eigenvalue weighted by Gasteiger charge is -2.18. The first-order chi connectivity index (χ1) is 11.5. The van der Waals surface area contributed by atoms with Gasteiger partial charge in [0.15, 0.2) is 0 Å². The van der Waals surface area contributed by atoms with Gasteiger partial charge in [-0.25, -0.2) is 0 Å². The molecule has 1 aromatic carbocycles. The van der Waals surface area contributed by atoms with E-state index in [-0.39, 0.29) is 29.8 Å². The molecular weight excluding hydrogens is 304 g/mol. The van der Waals surface area contributed by atoms with Crippen molar-refractivity contribution in [2.45, 2.75) is 39.2 Å². The molecule has 1 aliphatic heterocycles. The van der Waals surface area contributed by atoms with E-state index < -0.39 is 0 Å². The summed E-state index contributed by atoms with van der Waals surface area (Å²) in [6.07, 6.45) is 1.41. The van der Waals surface area contributed by atoms with Crippen molar-refractivity contribution >= 4 is 11.8 Å². The molecule has 1 fully saturated rings.